The van der Waals surface area contributed by atoms with Crippen LogP contribution in [0.25, 0.3) is 0 Å². The second kappa shape index (κ2) is 11.1. The number of carbonyl (C=O) groups is 2. The summed E-state index contributed by atoms with van der Waals surface area (Å²) in [5, 5.41) is 3.36. The van der Waals surface area contributed by atoms with Crippen LogP contribution in [0.15, 0.2) is 48.5 Å². The Morgan fingerprint density at radius 1 is 1.06 bits per heavy atom. The molecular formula is C23H29ClN4O3. The molecule has 1 aliphatic heterocycles. The lowest BCUT2D eigenvalue weighted by Crippen LogP contribution is -2.51. The van der Waals surface area contributed by atoms with Gasteiger partial charge < -0.3 is 15.0 Å². The molecule has 1 saturated heterocycles. The first-order chi connectivity index (χ1) is 14.9. The van der Waals surface area contributed by atoms with Crippen LogP contribution >= 0.6 is 11.6 Å². The normalized spacial score (nSPS) is 14.5. The monoisotopic (exact) mass is 444 g/mol. The minimum atomic E-state index is -0.179. The SMILES string of the molecule is COc1ccc(CN2CCN(C(=O)CN(C)CC(=O)Nc3cccc(Cl)c3)CC2)cc1. The maximum Gasteiger partial charge on any atom is 0.238 e. The van der Waals surface area contributed by atoms with Crippen molar-refractivity contribution in [2.45, 2.75) is 6.54 Å². The Balaban J connectivity index is 1.39. The van der Waals surface area contributed by atoms with Crippen molar-refractivity contribution in [3.8, 4) is 5.75 Å². The average molecular weight is 445 g/mol. The summed E-state index contributed by atoms with van der Waals surface area (Å²) in [6.45, 7) is 4.25. The fourth-order valence-corrected chi connectivity index (χ4v) is 3.73. The number of benzene rings is 2. The Morgan fingerprint density at radius 2 is 1.77 bits per heavy atom. The molecular weight excluding hydrogens is 416 g/mol. The lowest BCUT2D eigenvalue weighted by Gasteiger charge is -2.35. The van der Waals surface area contributed by atoms with Gasteiger partial charge in [-0.25, -0.2) is 0 Å². The van der Waals surface area contributed by atoms with E-state index in [-0.39, 0.29) is 24.9 Å². The fourth-order valence-electron chi connectivity index (χ4n) is 3.54. The Hall–Kier alpha value is -2.61. The van der Waals surface area contributed by atoms with Gasteiger partial charge in [0.05, 0.1) is 20.2 Å². The van der Waals surface area contributed by atoms with Crippen LogP contribution in [0.1, 0.15) is 5.56 Å². The van der Waals surface area contributed by atoms with Gasteiger partial charge in [-0.05, 0) is 42.9 Å². The van der Waals surface area contributed by atoms with Gasteiger partial charge in [-0.2, -0.15) is 0 Å². The number of likely N-dealkylation sites (N-methyl/N-ethyl adjacent to an activating group) is 1. The van der Waals surface area contributed by atoms with Gasteiger partial charge in [-0.3, -0.25) is 19.4 Å². The van der Waals surface area contributed by atoms with Crippen molar-refractivity contribution in [1.82, 2.24) is 14.7 Å². The first kappa shape index (κ1) is 23.1. The maximum atomic E-state index is 12.6. The van der Waals surface area contributed by atoms with Crippen LogP contribution in [-0.4, -0.2) is 79.9 Å². The number of hydrogen-bond acceptors (Lipinski definition) is 5. The van der Waals surface area contributed by atoms with Gasteiger partial charge in [-0.15, -0.1) is 0 Å². The van der Waals surface area contributed by atoms with E-state index in [1.165, 1.54) is 5.56 Å². The highest BCUT2D eigenvalue weighted by molar-refractivity contribution is 6.30. The van der Waals surface area contributed by atoms with E-state index in [0.29, 0.717) is 23.8 Å². The summed E-state index contributed by atoms with van der Waals surface area (Å²) >= 11 is 5.94. The molecule has 3 rings (SSSR count). The third-order valence-electron chi connectivity index (χ3n) is 5.22. The van der Waals surface area contributed by atoms with Crippen LogP contribution in [0.2, 0.25) is 5.02 Å². The molecule has 1 N–H and O–H groups in total. The number of carbonyl (C=O) groups excluding carboxylic acids is 2. The molecule has 0 spiro atoms. The van der Waals surface area contributed by atoms with Gasteiger partial charge in [0.1, 0.15) is 5.75 Å². The highest BCUT2D eigenvalue weighted by atomic mass is 35.5. The van der Waals surface area contributed by atoms with Crippen molar-refractivity contribution in [3.63, 3.8) is 0 Å². The number of nitrogens with zero attached hydrogens (tertiary/aromatic N) is 3. The van der Waals surface area contributed by atoms with Crippen molar-refractivity contribution in [1.29, 1.82) is 0 Å². The van der Waals surface area contributed by atoms with E-state index >= 15 is 0 Å². The molecule has 31 heavy (non-hydrogen) atoms. The summed E-state index contributed by atoms with van der Waals surface area (Å²) < 4.78 is 5.20. The predicted molar refractivity (Wildman–Crippen MR) is 122 cm³/mol. The minimum absolute atomic E-state index is 0.0437. The van der Waals surface area contributed by atoms with E-state index in [4.69, 9.17) is 16.3 Å². The van der Waals surface area contributed by atoms with Crippen LogP contribution < -0.4 is 10.1 Å². The molecule has 7 nitrogen and oxygen atoms in total. The molecule has 0 atom stereocenters. The van der Waals surface area contributed by atoms with Crippen LogP contribution in [-0.2, 0) is 16.1 Å². The molecule has 1 heterocycles. The van der Waals surface area contributed by atoms with Gasteiger partial charge in [0.15, 0.2) is 0 Å². The molecule has 2 amide bonds. The van der Waals surface area contributed by atoms with Gasteiger partial charge in [0, 0.05) is 43.4 Å². The van der Waals surface area contributed by atoms with Gasteiger partial charge in [0.25, 0.3) is 0 Å². The zero-order valence-electron chi connectivity index (χ0n) is 18.0. The maximum absolute atomic E-state index is 12.6. The molecule has 2 aromatic rings. The number of amides is 2. The van der Waals surface area contributed by atoms with E-state index < -0.39 is 0 Å². The first-order valence-corrected chi connectivity index (χ1v) is 10.7. The Bertz CT molecular complexity index is 883. The second-order valence-electron chi connectivity index (χ2n) is 7.74. The molecule has 1 aliphatic rings. The predicted octanol–water partition coefficient (Wildman–Crippen LogP) is 2.56. The van der Waals surface area contributed by atoms with Crippen molar-refractivity contribution >= 4 is 29.1 Å². The zero-order chi connectivity index (χ0) is 22.2. The summed E-state index contributed by atoms with van der Waals surface area (Å²) in [5.41, 5.74) is 1.87. The Kier molecular flexibility index (Phi) is 8.28. The number of rotatable bonds is 8. The number of halogens is 1. The van der Waals surface area contributed by atoms with E-state index in [0.717, 1.165) is 25.4 Å². The molecule has 8 heteroatoms. The van der Waals surface area contributed by atoms with Crippen LogP contribution in [0.3, 0.4) is 0 Å². The van der Waals surface area contributed by atoms with Crippen LogP contribution in [0.4, 0.5) is 5.69 Å². The molecule has 166 valence electrons. The lowest BCUT2D eigenvalue weighted by molar-refractivity contribution is -0.134. The largest absolute Gasteiger partial charge is 0.497 e. The van der Waals surface area contributed by atoms with Crippen LogP contribution in [0, 0.1) is 0 Å². The lowest BCUT2D eigenvalue weighted by atomic mass is 10.2. The molecule has 2 aromatic carbocycles. The smallest absolute Gasteiger partial charge is 0.238 e. The fraction of sp³-hybridized carbons (Fsp3) is 0.391. The van der Waals surface area contributed by atoms with Gasteiger partial charge >= 0.3 is 0 Å². The molecule has 0 aliphatic carbocycles. The van der Waals surface area contributed by atoms with Crippen molar-refractivity contribution in [2.24, 2.45) is 0 Å². The highest BCUT2D eigenvalue weighted by Gasteiger charge is 2.22. The third-order valence-corrected chi connectivity index (χ3v) is 5.45. The number of piperazine rings is 1. The first-order valence-electron chi connectivity index (χ1n) is 10.3. The van der Waals surface area contributed by atoms with E-state index in [9.17, 15) is 9.59 Å². The quantitative estimate of drug-likeness (QED) is 0.678. The van der Waals surface area contributed by atoms with Crippen molar-refractivity contribution in [3.05, 3.63) is 59.1 Å². The standard InChI is InChI=1S/C23H29ClN4O3/c1-26(16-22(29)25-20-5-3-4-19(24)14-20)17-23(30)28-12-10-27(11-13-28)15-18-6-8-21(31-2)9-7-18/h3-9,14H,10-13,15-17H2,1-2H3,(H,25,29). The third kappa shape index (κ3) is 7.24. The number of ether oxygens (including phenoxy) is 1. The summed E-state index contributed by atoms with van der Waals surface area (Å²) in [6.07, 6.45) is 0. The van der Waals surface area contributed by atoms with E-state index in [1.54, 1.807) is 43.3 Å². The van der Waals surface area contributed by atoms with Gasteiger partial charge in [-0.1, -0.05) is 29.8 Å². The molecule has 1 fully saturated rings. The topological polar surface area (TPSA) is 65.1 Å². The summed E-state index contributed by atoms with van der Waals surface area (Å²) in [4.78, 5) is 30.8. The van der Waals surface area contributed by atoms with E-state index in [1.807, 2.05) is 17.0 Å². The summed E-state index contributed by atoms with van der Waals surface area (Å²) in [7, 11) is 3.43. The molecule has 0 radical (unpaired) electrons. The number of hydrogen-bond donors (Lipinski definition) is 1. The van der Waals surface area contributed by atoms with Crippen LogP contribution in [0.5, 0.6) is 5.75 Å². The average Bonchev–Trinajstić information content (AvgIpc) is 2.74. The molecule has 0 unspecified atom stereocenters. The van der Waals surface area contributed by atoms with Crippen molar-refractivity contribution < 1.29 is 14.3 Å². The second-order valence-corrected chi connectivity index (χ2v) is 8.17. The number of methoxy groups -OCH3 is 1. The number of nitrogens with one attached hydrogen (secondary N) is 1. The Labute approximate surface area is 188 Å². The molecule has 0 aromatic heterocycles. The van der Waals surface area contributed by atoms with E-state index in [2.05, 4.69) is 22.3 Å². The van der Waals surface area contributed by atoms with Crippen molar-refractivity contribution in [2.75, 3.05) is 58.7 Å². The minimum Gasteiger partial charge on any atom is -0.497 e. The summed E-state index contributed by atoms with van der Waals surface area (Å²) in [6, 6.07) is 15.1. The van der Waals surface area contributed by atoms with Gasteiger partial charge in [0.2, 0.25) is 11.8 Å². The highest BCUT2D eigenvalue weighted by Crippen LogP contribution is 2.15. The molecule has 0 bridgehead atoms. The summed E-state index contributed by atoms with van der Waals surface area (Å²) in [5.74, 6) is 0.716. The zero-order valence-corrected chi connectivity index (χ0v) is 18.8. The number of anilines is 1. The Morgan fingerprint density at radius 3 is 2.42 bits per heavy atom. The molecule has 0 saturated carbocycles.